The first-order chi connectivity index (χ1) is 8.10. The highest BCUT2D eigenvalue weighted by Crippen LogP contribution is 2.35. The van der Waals surface area contributed by atoms with Gasteiger partial charge in [-0.3, -0.25) is 0 Å². The zero-order valence-corrected chi connectivity index (χ0v) is 13.0. The first kappa shape index (κ1) is 14.8. The van der Waals surface area contributed by atoms with Crippen molar-refractivity contribution in [3.8, 4) is 5.75 Å². The molecular formula is C14H20BrClO. The fourth-order valence-electron chi connectivity index (χ4n) is 1.89. The van der Waals surface area contributed by atoms with Gasteiger partial charge in [-0.25, -0.2) is 0 Å². The lowest BCUT2D eigenvalue weighted by atomic mass is 9.96. The van der Waals surface area contributed by atoms with Crippen molar-refractivity contribution in [3.05, 3.63) is 28.2 Å². The maximum atomic E-state index is 6.48. The van der Waals surface area contributed by atoms with Crippen LogP contribution in [-0.4, -0.2) is 6.61 Å². The fourth-order valence-corrected chi connectivity index (χ4v) is 2.66. The Bertz CT molecular complexity index is 354. The van der Waals surface area contributed by atoms with Crippen LogP contribution < -0.4 is 4.74 Å². The average Bonchev–Trinajstić information content (AvgIpc) is 2.31. The molecule has 2 unspecified atom stereocenters. The van der Waals surface area contributed by atoms with Crippen LogP contribution in [0.3, 0.4) is 0 Å². The molecule has 0 fully saturated rings. The van der Waals surface area contributed by atoms with Gasteiger partial charge in [-0.2, -0.15) is 0 Å². The molecule has 1 aromatic carbocycles. The van der Waals surface area contributed by atoms with Gasteiger partial charge < -0.3 is 4.74 Å². The lowest BCUT2D eigenvalue weighted by Crippen LogP contribution is -2.04. The molecule has 0 aliphatic rings. The van der Waals surface area contributed by atoms with E-state index in [2.05, 4.69) is 41.9 Å². The van der Waals surface area contributed by atoms with E-state index in [1.54, 1.807) is 0 Å². The van der Waals surface area contributed by atoms with Gasteiger partial charge in [0, 0.05) is 0 Å². The topological polar surface area (TPSA) is 9.23 Å². The van der Waals surface area contributed by atoms with E-state index in [0.717, 1.165) is 22.2 Å². The largest absolute Gasteiger partial charge is 0.493 e. The number of halogens is 2. The van der Waals surface area contributed by atoms with Crippen molar-refractivity contribution in [2.45, 2.75) is 39.0 Å². The SMILES string of the molecule is CCCC(C)C(Cl)c1ccc(OCC)c(Br)c1. The van der Waals surface area contributed by atoms with E-state index in [9.17, 15) is 0 Å². The van der Waals surface area contributed by atoms with Crippen LogP contribution in [0.2, 0.25) is 0 Å². The molecule has 0 spiro atoms. The van der Waals surface area contributed by atoms with Gasteiger partial charge in [0.2, 0.25) is 0 Å². The second kappa shape index (κ2) is 7.27. The summed E-state index contributed by atoms with van der Waals surface area (Å²) in [6.45, 7) is 7.04. The van der Waals surface area contributed by atoms with Crippen molar-refractivity contribution >= 4 is 27.5 Å². The minimum atomic E-state index is 0.0712. The highest BCUT2D eigenvalue weighted by atomic mass is 79.9. The molecule has 2 atom stereocenters. The lowest BCUT2D eigenvalue weighted by molar-refractivity contribution is 0.338. The number of benzene rings is 1. The van der Waals surface area contributed by atoms with Crippen molar-refractivity contribution in [3.63, 3.8) is 0 Å². The molecule has 0 saturated heterocycles. The first-order valence-corrected chi connectivity index (χ1v) is 7.39. The van der Waals surface area contributed by atoms with Gasteiger partial charge in [0.1, 0.15) is 5.75 Å². The molecule has 0 saturated carbocycles. The van der Waals surface area contributed by atoms with Crippen LogP contribution >= 0.6 is 27.5 Å². The molecule has 0 heterocycles. The maximum absolute atomic E-state index is 6.48. The highest BCUT2D eigenvalue weighted by Gasteiger charge is 2.17. The van der Waals surface area contributed by atoms with Crippen LogP contribution in [0.25, 0.3) is 0 Å². The standard InChI is InChI=1S/C14H20BrClO/c1-4-6-10(3)14(16)11-7-8-13(17-5-2)12(15)9-11/h7-10,14H,4-6H2,1-3H3. The van der Waals surface area contributed by atoms with E-state index in [4.69, 9.17) is 16.3 Å². The molecule has 1 nitrogen and oxygen atoms in total. The van der Waals surface area contributed by atoms with E-state index in [1.807, 2.05) is 13.0 Å². The van der Waals surface area contributed by atoms with Gasteiger partial charge in [0.05, 0.1) is 16.5 Å². The molecule has 3 heteroatoms. The zero-order valence-electron chi connectivity index (χ0n) is 10.7. The van der Waals surface area contributed by atoms with E-state index in [0.29, 0.717) is 12.5 Å². The molecule has 0 aromatic heterocycles. The molecular weight excluding hydrogens is 300 g/mol. The smallest absolute Gasteiger partial charge is 0.133 e. The molecule has 0 aliphatic heterocycles. The second-order valence-electron chi connectivity index (χ2n) is 4.29. The van der Waals surface area contributed by atoms with Gasteiger partial charge in [-0.15, -0.1) is 11.6 Å². The third-order valence-electron chi connectivity index (χ3n) is 2.82. The lowest BCUT2D eigenvalue weighted by Gasteiger charge is -2.18. The van der Waals surface area contributed by atoms with Gasteiger partial charge in [-0.05, 0) is 52.9 Å². The highest BCUT2D eigenvalue weighted by molar-refractivity contribution is 9.10. The minimum absolute atomic E-state index is 0.0712. The van der Waals surface area contributed by atoms with Crippen LogP contribution in [-0.2, 0) is 0 Å². The number of alkyl halides is 1. The molecule has 17 heavy (non-hydrogen) atoms. The monoisotopic (exact) mass is 318 g/mol. The van der Waals surface area contributed by atoms with Crippen molar-refractivity contribution in [1.29, 1.82) is 0 Å². The second-order valence-corrected chi connectivity index (χ2v) is 5.62. The van der Waals surface area contributed by atoms with E-state index < -0.39 is 0 Å². The molecule has 1 aromatic rings. The van der Waals surface area contributed by atoms with Crippen LogP contribution in [0.1, 0.15) is 44.6 Å². The molecule has 0 radical (unpaired) electrons. The molecule has 0 N–H and O–H groups in total. The van der Waals surface area contributed by atoms with E-state index in [1.165, 1.54) is 6.42 Å². The molecule has 0 aliphatic carbocycles. The number of ether oxygens (including phenoxy) is 1. The Hall–Kier alpha value is -0.210. The summed E-state index contributed by atoms with van der Waals surface area (Å²) in [6, 6.07) is 6.10. The molecule has 96 valence electrons. The predicted octanol–water partition coefficient (Wildman–Crippen LogP) is 5.56. The van der Waals surface area contributed by atoms with E-state index in [-0.39, 0.29) is 5.38 Å². The Morgan fingerprint density at radius 2 is 2.06 bits per heavy atom. The van der Waals surface area contributed by atoms with Crippen LogP contribution in [0.4, 0.5) is 0 Å². The summed E-state index contributed by atoms with van der Waals surface area (Å²) >= 11 is 10.00. The van der Waals surface area contributed by atoms with Crippen LogP contribution in [0, 0.1) is 5.92 Å². The Morgan fingerprint density at radius 3 is 2.59 bits per heavy atom. The quantitative estimate of drug-likeness (QED) is 0.623. The number of rotatable bonds is 6. The average molecular weight is 320 g/mol. The van der Waals surface area contributed by atoms with Crippen LogP contribution in [0.15, 0.2) is 22.7 Å². The van der Waals surface area contributed by atoms with Crippen molar-refractivity contribution in [1.82, 2.24) is 0 Å². The van der Waals surface area contributed by atoms with Crippen LogP contribution in [0.5, 0.6) is 5.75 Å². The first-order valence-electron chi connectivity index (χ1n) is 6.16. The number of hydrogen-bond acceptors (Lipinski definition) is 1. The van der Waals surface area contributed by atoms with Crippen molar-refractivity contribution in [2.75, 3.05) is 6.61 Å². The third-order valence-corrected chi connectivity index (χ3v) is 4.12. The van der Waals surface area contributed by atoms with Gasteiger partial charge in [-0.1, -0.05) is 26.3 Å². The number of hydrogen-bond donors (Lipinski definition) is 0. The summed E-state index contributed by atoms with van der Waals surface area (Å²) in [5.74, 6) is 1.37. The van der Waals surface area contributed by atoms with Gasteiger partial charge in [0.25, 0.3) is 0 Å². The summed E-state index contributed by atoms with van der Waals surface area (Å²) in [4.78, 5) is 0. The maximum Gasteiger partial charge on any atom is 0.133 e. The van der Waals surface area contributed by atoms with E-state index >= 15 is 0 Å². The Kier molecular flexibility index (Phi) is 6.35. The summed E-state index contributed by atoms with van der Waals surface area (Å²) in [7, 11) is 0. The third kappa shape index (κ3) is 4.18. The molecule has 1 rings (SSSR count). The summed E-state index contributed by atoms with van der Waals surface area (Å²) in [5.41, 5.74) is 1.16. The Labute approximate surface area is 118 Å². The Balaban J connectivity index is 2.81. The van der Waals surface area contributed by atoms with Crippen molar-refractivity contribution in [2.24, 2.45) is 5.92 Å². The predicted molar refractivity (Wildman–Crippen MR) is 78.0 cm³/mol. The summed E-state index contributed by atoms with van der Waals surface area (Å²) in [6.07, 6.45) is 2.32. The Morgan fingerprint density at radius 1 is 1.35 bits per heavy atom. The fraction of sp³-hybridized carbons (Fsp3) is 0.571. The zero-order chi connectivity index (χ0) is 12.8. The van der Waals surface area contributed by atoms with Crippen molar-refractivity contribution < 1.29 is 4.74 Å². The minimum Gasteiger partial charge on any atom is -0.493 e. The summed E-state index contributed by atoms with van der Waals surface area (Å²) in [5, 5.41) is 0.0712. The molecule has 0 bridgehead atoms. The van der Waals surface area contributed by atoms with Gasteiger partial charge >= 0.3 is 0 Å². The molecule has 0 amide bonds. The normalized spacial score (nSPS) is 14.4. The van der Waals surface area contributed by atoms with Gasteiger partial charge in [0.15, 0.2) is 0 Å². The summed E-state index contributed by atoms with van der Waals surface area (Å²) < 4.78 is 6.47.